The number of hydrogen-bond donors (Lipinski definition) is 2. The van der Waals surface area contributed by atoms with Crippen LogP contribution >= 0.6 is 0 Å². The van der Waals surface area contributed by atoms with Gasteiger partial charge in [-0.1, -0.05) is 37.6 Å². The van der Waals surface area contributed by atoms with Crippen LogP contribution in [0.3, 0.4) is 0 Å². The largest absolute Gasteiger partial charge is 0.478 e. The zero-order valence-corrected chi connectivity index (χ0v) is 12.2. The number of benzene rings is 2. The lowest BCUT2D eigenvalue weighted by Crippen LogP contribution is -2.16. The van der Waals surface area contributed by atoms with E-state index in [9.17, 15) is 9.59 Å². The Labute approximate surface area is 129 Å². The maximum Gasteiger partial charge on any atom is 0.336 e. The third-order valence-electron chi connectivity index (χ3n) is 3.30. The number of carbonyl (C=O) groups excluding carboxylic acids is 1. The van der Waals surface area contributed by atoms with Gasteiger partial charge in [0.15, 0.2) is 0 Å². The van der Waals surface area contributed by atoms with Gasteiger partial charge in [0.2, 0.25) is 0 Å². The maximum atomic E-state index is 12.3. The molecule has 0 aliphatic rings. The molecule has 0 aromatic heterocycles. The van der Waals surface area contributed by atoms with E-state index in [-0.39, 0.29) is 11.1 Å². The highest BCUT2D eigenvalue weighted by atomic mass is 16.4. The number of rotatable bonds is 6. The van der Waals surface area contributed by atoms with Crippen molar-refractivity contribution in [2.75, 3.05) is 5.32 Å². The minimum atomic E-state index is -1.12. The molecule has 0 saturated carbocycles. The quantitative estimate of drug-likeness (QED) is 0.852. The van der Waals surface area contributed by atoms with Gasteiger partial charge in [-0.2, -0.15) is 0 Å². The number of aromatic carboxylic acids is 1. The van der Waals surface area contributed by atoms with Crippen LogP contribution in [0.15, 0.2) is 48.5 Å². The Hall–Kier alpha value is -2.62. The van der Waals surface area contributed by atoms with Crippen LogP contribution in [0.25, 0.3) is 0 Å². The second-order valence-corrected chi connectivity index (χ2v) is 4.96. The first-order valence-electron chi connectivity index (χ1n) is 7.13. The summed E-state index contributed by atoms with van der Waals surface area (Å²) in [7, 11) is 0. The molecular formula is C18H18NO3. The number of carboxylic acid groups (broad SMARTS) is 1. The molecule has 2 rings (SSSR count). The molecule has 4 nitrogen and oxygen atoms in total. The summed E-state index contributed by atoms with van der Waals surface area (Å²) in [6.45, 7) is 3.81. The molecule has 0 bridgehead atoms. The normalized spacial score (nSPS) is 10.2. The molecule has 1 radical (unpaired) electrons. The zero-order valence-electron chi connectivity index (χ0n) is 12.2. The average Bonchev–Trinajstić information content (AvgIpc) is 2.53. The van der Waals surface area contributed by atoms with Crippen LogP contribution in [-0.4, -0.2) is 17.0 Å². The molecule has 2 N–H and O–H groups in total. The van der Waals surface area contributed by atoms with Crippen molar-refractivity contribution in [1.29, 1.82) is 0 Å². The third kappa shape index (κ3) is 3.95. The molecule has 0 spiro atoms. The van der Waals surface area contributed by atoms with Gasteiger partial charge >= 0.3 is 5.97 Å². The summed E-state index contributed by atoms with van der Waals surface area (Å²) in [6.07, 6.45) is 2.75. The van der Waals surface area contributed by atoms with Crippen LogP contribution in [0.5, 0.6) is 0 Å². The van der Waals surface area contributed by atoms with E-state index in [1.54, 1.807) is 18.2 Å². The van der Waals surface area contributed by atoms with Crippen LogP contribution < -0.4 is 5.32 Å². The topological polar surface area (TPSA) is 66.4 Å². The number of aryl methyl sites for hydroxylation is 1. The standard InChI is InChI=1S/C18H18NO3/c1-2-3-7-13-8-6-9-14(12-13)19-17(20)15-10-4-5-11-16(15)18(21)22/h4-6,8-12H,1-3,7H2,(H,19,20)(H,21,22). The molecule has 113 valence electrons. The van der Waals surface area contributed by atoms with Crippen molar-refractivity contribution in [3.05, 3.63) is 72.1 Å². The SMILES string of the molecule is [CH2]CCCc1cccc(NC(=O)c2ccccc2C(=O)O)c1. The molecule has 1 amide bonds. The Morgan fingerprint density at radius 1 is 1.05 bits per heavy atom. The summed E-state index contributed by atoms with van der Waals surface area (Å²) in [5.74, 6) is -1.54. The van der Waals surface area contributed by atoms with Crippen molar-refractivity contribution >= 4 is 17.6 Å². The fraction of sp³-hybridized carbons (Fsp3) is 0.167. The molecule has 4 heteroatoms. The Morgan fingerprint density at radius 3 is 2.45 bits per heavy atom. The van der Waals surface area contributed by atoms with E-state index < -0.39 is 11.9 Å². The fourth-order valence-corrected chi connectivity index (χ4v) is 2.20. The van der Waals surface area contributed by atoms with E-state index >= 15 is 0 Å². The van der Waals surface area contributed by atoms with Gasteiger partial charge in [0.1, 0.15) is 0 Å². The van der Waals surface area contributed by atoms with Crippen molar-refractivity contribution in [3.63, 3.8) is 0 Å². The molecular weight excluding hydrogens is 278 g/mol. The van der Waals surface area contributed by atoms with E-state index in [0.29, 0.717) is 5.69 Å². The molecule has 0 atom stereocenters. The molecule has 0 aliphatic carbocycles. The summed E-state index contributed by atoms with van der Waals surface area (Å²) in [5, 5.41) is 11.9. The molecule has 0 saturated heterocycles. The predicted octanol–water partition coefficient (Wildman–Crippen LogP) is 3.79. The molecule has 22 heavy (non-hydrogen) atoms. The average molecular weight is 296 g/mol. The van der Waals surface area contributed by atoms with Crippen molar-refractivity contribution in [2.45, 2.75) is 19.3 Å². The van der Waals surface area contributed by atoms with E-state index in [1.165, 1.54) is 12.1 Å². The molecule has 0 aliphatic heterocycles. The van der Waals surface area contributed by atoms with Crippen molar-refractivity contribution < 1.29 is 14.7 Å². The highest BCUT2D eigenvalue weighted by Gasteiger charge is 2.15. The molecule has 0 fully saturated rings. The molecule has 2 aromatic carbocycles. The number of amides is 1. The fourth-order valence-electron chi connectivity index (χ4n) is 2.20. The summed E-state index contributed by atoms with van der Waals surface area (Å²) in [5.41, 5.74) is 1.92. The number of hydrogen-bond acceptors (Lipinski definition) is 2. The highest BCUT2D eigenvalue weighted by Crippen LogP contribution is 2.16. The minimum absolute atomic E-state index is 0.00629. The first-order valence-corrected chi connectivity index (χ1v) is 7.13. The van der Waals surface area contributed by atoms with E-state index in [0.717, 1.165) is 24.8 Å². The Balaban J connectivity index is 2.17. The lowest BCUT2D eigenvalue weighted by atomic mass is 10.1. The number of nitrogens with one attached hydrogen (secondary N) is 1. The van der Waals surface area contributed by atoms with Gasteiger partial charge in [0.25, 0.3) is 5.91 Å². The molecule has 0 unspecified atom stereocenters. The zero-order chi connectivity index (χ0) is 15.9. The molecule has 2 aromatic rings. The number of carbonyl (C=O) groups is 2. The first kappa shape index (κ1) is 15.8. The van der Waals surface area contributed by atoms with Crippen molar-refractivity contribution in [2.24, 2.45) is 0 Å². The lowest BCUT2D eigenvalue weighted by Gasteiger charge is -2.09. The lowest BCUT2D eigenvalue weighted by molar-refractivity contribution is 0.0692. The minimum Gasteiger partial charge on any atom is -0.478 e. The molecule has 0 heterocycles. The second-order valence-electron chi connectivity index (χ2n) is 4.96. The van der Waals surface area contributed by atoms with Gasteiger partial charge in [-0.05, 0) is 42.7 Å². The Morgan fingerprint density at radius 2 is 1.77 bits per heavy atom. The second kappa shape index (κ2) is 7.41. The Bertz CT molecular complexity index is 680. The number of unbranched alkanes of at least 4 members (excludes halogenated alkanes) is 1. The van der Waals surface area contributed by atoms with Crippen LogP contribution in [0.2, 0.25) is 0 Å². The smallest absolute Gasteiger partial charge is 0.336 e. The van der Waals surface area contributed by atoms with Crippen LogP contribution in [0, 0.1) is 6.92 Å². The van der Waals surface area contributed by atoms with Gasteiger partial charge in [0, 0.05) is 5.69 Å². The van der Waals surface area contributed by atoms with Gasteiger partial charge in [-0.3, -0.25) is 4.79 Å². The Kier molecular flexibility index (Phi) is 5.31. The van der Waals surface area contributed by atoms with Crippen LogP contribution in [0.1, 0.15) is 39.1 Å². The predicted molar refractivity (Wildman–Crippen MR) is 86.1 cm³/mol. The monoisotopic (exact) mass is 296 g/mol. The van der Waals surface area contributed by atoms with E-state index in [1.807, 2.05) is 18.2 Å². The van der Waals surface area contributed by atoms with Gasteiger partial charge in [0.05, 0.1) is 11.1 Å². The van der Waals surface area contributed by atoms with Crippen molar-refractivity contribution in [3.8, 4) is 0 Å². The van der Waals surface area contributed by atoms with Gasteiger partial charge in [-0.25, -0.2) is 4.79 Å². The third-order valence-corrected chi connectivity index (χ3v) is 3.30. The van der Waals surface area contributed by atoms with E-state index in [2.05, 4.69) is 12.2 Å². The van der Waals surface area contributed by atoms with Crippen molar-refractivity contribution in [1.82, 2.24) is 0 Å². The number of carboxylic acids is 1. The van der Waals surface area contributed by atoms with Gasteiger partial charge < -0.3 is 10.4 Å². The van der Waals surface area contributed by atoms with E-state index in [4.69, 9.17) is 5.11 Å². The maximum absolute atomic E-state index is 12.3. The van der Waals surface area contributed by atoms with Gasteiger partial charge in [-0.15, -0.1) is 0 Å². The summed E-state index contributed by atoms with van der Waals surface area (Å²) in [6, 6.07) is 13.7. The summed E-state index contributed by atoms with van der Waals surface area (Å²) >= 11 is 0. The summed E-state index contributed by atoms with van der Waals surface area (Å²) in [4.78, 5) is 23.4. The highest BCUT2D eigenvalue weighted by molar-refractivity contribution is 6.10. The summed E-state index contributed by atoms with van der Waals surface area (Å²) < 4.78 is 0. The van der Waals surface area contributed by atoms with Crippen LogP contribution in [-0.2, 0) is 6.42 Å². The number of anilines is 1. The van der Waals surface area contributed by atoms with Crippen LogP contribution in [0.4, 0.5) is 5.69 Å². The first-order chi connectivity index (χ1) is 10.6.